The molecule has 3 aromatic heterocycles. The Balaban J connectivity index is 1.72. The van der Waals surface area contributed by atoms with Crippen LogP contribution >= 0.6 is 12.8 Å². The van der Waals surface area contributed by atoms with Crippen LogP contribution in [0.25, 0.3) is 22.3 Å². The second-order valence-electron chi connectivity index (χ2n) is 6.30. The van der Waals surface area contributed by atoms with Crippen molar-refractivity contribution in [3.05, 3.63) is 31.0 Å². The number of nitrogens with zero attached hydrogens (tertiary/aromatic N) is 6. The van der Waals surface area contributed by atoms with Gasteiger partial charge in [0.15, 0.2) is 5.65 Å². The number of nitriles is 1. The minimum atomic E-state index is 0.151. The van der Waals surface area contributed by atoms with E-state index in [1.807, 2.05) is 29.3 Å². The first-order valence-electron chi connectivity index (χ1n) is 8.20. The lowest BCUT2D eigenvalue weighted by Gasteiger charge is -2.21. The van der Waals surface area contributed by atoms with Crippen LogP contribution in [-0.2, 0) is 0 Å². The van der Waals surface area contributed by atoms with Crippen molar-refractivity contribution < 1.29 is 0 Å². The molecule has 1 saturated carbocycles. The van der Waals surface area contributed by atoms with Crippen LogP contribution in [-0.4, -0.2) is 23.7 Å². The zero-order valence-electron chi connectivity index (χ0n) is 13.2. The Labute approximate surface area is 145 Å². The van der Waals surface area contributed by atoms with Crippen molar-refractivity contribution in [3.63, 3.8) is 0 Å². The van der Waals surface area contributed by atoms with Crippen molar-refractivity contribution in [2.75, 3.05) is 0 Å². The van der Waals surface area contributed by atoms with Crippen molar-refractivity contribution in [1.82, 2.24) is 23.7 Å². The van der Waals surface area contributed by atoms with Gasteiger partial charge >= 0.3 is 0 Å². The molecule has 7 heteroatoms. The van der Waals surface area contributed by atoms with Gasteiger partial charge in [-0.15, -0.1) is 0 Å². The van der Waals surface area contributed by atoms with Crippen LogP contribution in [0.3, 0.4) is 0 Å². The van der Waals surface area contributed by atoms with Gasteiger partial charge in [0.05, 0.1) is 30.4 Å². The van der Waals surface area contributed by atoms with E-state index < -0.39 is 0 Å². The summed E-state index contributed by atoms with van der Waals surface area (Å²) >= 11 is 4.36. The molecule has 0 amide bonds. The predicted octanol–water partition coefficient (Wildman–Crippen LogP) is 3.63. The first-order valence-corrected chi connectivity index (χ1v) is 8.60. The fraction of sp³-hybridized carbons (Fsp3) is 0.412. The van der Waals surface area contributed by atoms with E-state index in [0.717, 1.165) is 22.3 Å². The number of rotatable bonds is 4. The van der Waals surface area contributed by atoms with Crippen molar-refractivity contribution >= 4 is 23.8 Å². The zero-order chi connectivity index (χ0) is 16.5. The van der Waals surface area contributed by atoms with Crippen molar-refractivity contribution in [3.8, 4) is 17.3 Å². The van der Waals surface area contributed by atoms with E-state index in [2.05, 4.69) is 34.0 Å². The van der Waals surface area contributed by atoms with E-state index in [9.17, 15) is 5.26 Å². The largest absolute Gasteiger partial charge is 0.278 e. The molecule has 0 spiro atoms. The lowest BCUT2D eigenvalue weighted by atomic mass is 9.96. The van der Waals surface area contributed by atoms with E-state index in [-0.39, 0.29) is 6.04 Å². The zero-order valence-corrected chi connectivity index (χ0v) is 14.1. The van der Waals surface area contributed by atoms with Gasteiger partial charge in [-0.2, -0.15) is 10.4 Å². The first-order chi connectivity index (χ1) is 11.8. The maximum atomic E-state index is 9.20. The SMILES string of the molecule is N#CC[C@@H](C1CCCC1)n1cc(-c2ncnc3c2ccn3S)cn1. The maximum Gasteiger partial charge on any atom is 0.153 e. The smallest absolute Gasteiger partial charge is 0.153 e. The first kappa shape index (κ1) is 15.2. The quantitative estimate of drug-likeness (QED) is 0.737. The maximum absolute atomic E-state index is 9.20. The minimum absolute atomic E-state index is 0.151. The minimum Gasteiger partial charge on any atom is -0.278 e. The summed E-state index contributed by atoms with van der Waals surface area (Å²) in [6, 6.07) is 4.43. The third kappa shape index (κ3) is 2.57. The van der Waals surface area contributed by atoms with Gasteiger partial charge in [-0.05, 0) is 24.8 Å². The summed E-state index contributed by atoms with van der Waals surface area (Å²) in [5.41, 5.74) is 2.57. The average Bonchev–Trinajstić information content (AvgIpc) is 3.34. The molecule has 122 valence electrons. The molecule has 1 atom stereocenters. The molecule has 0 aromatic carbocycles. The summed E-state index contributed by atoms with van der Waals surface area (Å²) in [6.45, 7) is 0. The second-order valence-corrected chi connectivity index (χ2v) is 6.73. The number of fused-ring (bicyclic) bond motifs is 1. The van der Waals surface area contributed by atoms with Gasteiger partial charge in [-0.3, -0.25) is 8.65 Å². The van der Waals surface area contributed by atoms with Crippen molar-refractivity contribution in [1.29, 1.82) is 5.26 Å². The summed E-state index contributed by atoms with van der Waals surface area (Å²) in [6.07, 6.45) is 12.6. The highest BCUT2D eigenvalue weighted by molar-refractivity contribution is 7.78. The molecule has 24 heavy (non-hydrogen) atoms. The Morgan fingerprint density at radius 2 is 2.17 bits per heavy atom. The second kappa shape index (κ2) is 6.29. The molecule has 0 radical (unpaired) electrons. The van der Waals surface area contributed by atoms with Crippen LogP contribution < -0.4 is 0 Å². The van der Waals surface area contributed by atoms with Gasteiger partial charge < -0.3 is 0 Å². The highest BCUT2D eigenvalue weighted by atomic mass is 32.1. The molecule has 1 aliphatic carbocycles. The molecule has 3 heterocycles. The summed E-state index contributed by atoms with van der Waals surface area (Å²) in [5.74, 6) is 0.543. The van der Waals surface area contributed by atoms with Crippen molar-refractivity contribution in [2.24, 2.45) is 5.92 Å². The molecule has 6 nitrogen and oxygen atoms in total. The fourth-order valence-corrected chi connectivity index (χ4v) is 3.95. The molecular weight excluding hydrogens is 320 g/mol. The lowest BCUT2D eigenvalue weighted by Crippen LogP contribution is -2.17. The molecule has 1 fully saturated rings. The summed E-state index contributed by atoms with van der Waals surface area (Å²) in [5, 5.41) is 14.7. The summed E-state index contributed by atoms with van der Waals surface area (Å²) in [4.78, 5) is 8.70. The normalized spacial score (nSPS) is 16.5. The molecule has 4 rings (SSSR count). The van der Waals surface area contributed by atoms with Crippen LogP contribution in [0.2, 0.25) is 0 Å². The predicted molar refractivity (Wildman–Crippen MR) is 94.4 cm³/mol. The monoisotopic (exact) mass is 338 g/mol. The van der Waals surface area contributed by atoms with Crippen LogP contribution in [0.1, 0.15) is 38.1 Å². The van der Waals surface area contributed by atoms with Gasteiger partial charge in [-0.25, -0.2) is 9.97 Å². The Hall–Kier alpha value is -2.33. The van der Waals surface area contributed by atoms with Crippen LogP contribution in [0.4, 0.5) is 0 Å². The fourth-order valence-electron chi connectivity index (χ4n) is 3.72. The van der Waals surface area contributed by atoms with Crippen LogP contribution in [0.15, 0.2) is 31.0 Å². The van der Waals surface area contributed by atoms with E-state index in [4.69, 9.17) is 0 Å². The third-order valence-corrected chi connectivity index (χ3v) is 5.24. The third-order valence-electron chi connectivity index (χ3n) is 4.92. The molecule has 0 saturated heterocycles. The molecule has 0 unspecified atom stereocenters. The topological polar surface area (TPSA) is 72.3 Å². The number of hydrogen-bond acceptors (Lipinski definition) is 5. The van der Waals surface area contributed by atoms with Gasteiger partial charge in [-0.1, -0.05) is 25.7 Å². The van der Waals surface area contributed by atoms with Crippen molar-refractivity contribution in [2.45, 2.75) is 38.1 Å². The van der Waals surface area contributed by atoms with Crippen LogP contribution in [0.5, 0.6) is 0 Å². The highest BCUT2D eigenvalue weighted by Crippen LogP contribution is 2.36. The van der Waals surface area contributed by atoms with Gasteiger partial charge in [0.25, 0.3) is 0 Å². The lowest BCUT2D eigenvalue weighted by molar-refractivity contribution is 0.315. The Morgan fingerprint density at radius 1 is 1.33 bits per heavy atom. The standard InChI is InChI=1S/C17H18N6S/c18-7-5-15(12-3-1-2-4-12)22-10-13(9-21-22)16-14-6-8-23(24)17(14)20-11-19-16/h6,8-12,15,24H,1-5H2/t15-/m0/s1. The summed E-state index contributed by atoms with van der Waals surface area (Å²) in [7, 11) is 0. The highest BCUT2D eigenvalue weighted by Gasteiger charge is 2.27. The van der Waals surface area contributed by atoms with E-state index in [1.54, 1.807) is 10.3 Å². The van der Waals surface area contributed by atoms with E-state index in [1.165, 1.54) is 25.7 Å². The molecule has 0 bridgehead atoms. The number of thiol groups is 1. The molecule has 0 aliphatic heterocycles. The van der Waals surface area contributed by atoms with E-state index >= 15 is 0 Å². The number of hydrogen-bond donors (Lipinski definition) is 1. The van der Waals surface area contributed by atoms with Gasteiger partial charge in [0, 0.05) is 23.3 Å². The number of aromatic nitrogens is 5. The molecule has 0 N–H and O–H groups in total. The van der Waals surface area contributed by atoms with Gasteiger partial charge in [0.1, 0.15) is 6.33 Å². The van der Waals surface area contributed by atoms with Gasteiger partial charge in [0.2, 0.25) is 0 Å². The molecular formula is C17H18N6S. The summed E-state index contributed by atoms with van der Waals surface area (Å²) < 4.78 is 3.64. The Kier molecular flexibility index (Phi) is 3.98. The molecule has 3 aromatic rings. The Bertz CT molecular complexity index is 899. The van der Waals surface area contributed by atoms with Crippen LogP contribution in [0, 0.1) is 17.2 Å². The van der Waals surface area contributed by atoms with E-state index in [0.29, 0.717) is 12.3 Å². The Morgan fingerprint density at radius 3 is 2.96 bits per heavy atom. The average molecular weight is 338 g/mol. The molecule has 1 aliphatic rings.